The van der Waals surface area contributed by atoms with Gasteiger partial charge in [-0.1, -0.05) is 13.0 Å². The van der Waals surface area contributed by atoms with Gasteiger partial charge in [0.2, 0.25) is 0 Å². The van der Waals surface area contributed by atoms with Gasteiger partial charge in [-0.15, -0.1) is 24.9 Å². The van der Waals surface area contributed by atoms with Crippen LogP contribution in [0.1, 0.15) is 37.2 Å². The van der Waals surface area contributed by atoms with E-state index in [1.54, 1.807) is 6.92 Å². The van der Waals surface area contributed by atoms with E-state index in [-0.39, 0.29) is 28.7 Å². The number of carbonyl (C=O) groups excluding carboxylic acids is 3. The first-order chi connectivity index (χ1) is 18.8. The number of nitrogens with zero attached hydrogens (tertiary/aromatic N) is 4. The number of ketones is 1. The van der Waals surface area contributed by atoms with Crippen molar-refractivity contribution in [1.29, 1.82) is 0 Å². The van der Waals surface area contributed by atoms with Crippen molar-refractivity contribution in [2.24, 2.45) is 12.0 Å². The quantitative estimate of drug-likeness (QED) is 0.185. The van der Waals surface area contributed by atoms with E-state index in [1.165, 1.54) is 29.9 Å². The van der Waals surface area contributed by atoms with E-state index < -0.39 is 29.9 Å². The number of halogens is 4. The highest BCUT2D eigenvalue weighted by atomic mass is 32.2. The topological polar surface area (TPSA) is 128 Å². The lowest BCUT2D eigenvalue weighted by Gasteiger charge is -2.09. The van der Waals surface area contributed by atoms with Crippen LogP contribution < -0.4 is 15.4 Å². The van der Waals surface area contributed by atoms with Crippen molar-refractivity contribution >= 4 is 46.0 Å². The monoisotopic (exact) mass is 580 g/mol. The maximum atomic E-state index is 14.7. The van der Waals surface area contributed by atoms with Crippen LogP contribution in [0.4, 0.5) is 33.9 Å². The smallest absolute Gasteiger partial charge is 0.404 e. The Bertz CT molecular complexity index is 1420. The van der Waals surface area contributed by atoms with E-state index in [4.69, 9.17) is 0 Å². The second-order valence-corrected chi connectivity index (χ2v) is 9.42. The summed E-state index contributed by atoms with van der Waals surface area (Å²) in [6, 6.07) is 6.64. The van der Waals surface area contributed by atoms with Gasteiger partial charge in [0.25, 0.3) is 5.91 Å². The number of benzene rings is 1. The SMILES string of the molecule is CCCC(=O)CS/C(C)=N\C(=O)Nc1ccc(-c2cc(NC(=O)c3ccc(OC(F)(F)F)cn3)n(C)n2)cc1F. The number of rotatable bonds is 9. The number of amides is 3. The van der Waals surface area contributed by atoms with Crippen molar-refractivity contribution in [1.82, 2.24) is 14.8 Å². The first kappa shape index (κ1) is 30.3. The Kier molecular flexibility index (Phi) is 9.98. The molecular weight excluding hydrogens is 556 g/mol. The van der Waals surface area contributed by atoms with Gasteiger partial charge >= 0.3 is 12.4 Å². The second-order valence-electron chi connectivity index (χ2n) is 8.25. The number of pyridine rings is 1. The van der Waals surface area contributed by atoms with Gasteiger partial charge in [0.15, 0.2) is 0 Å². The minimum Gasteiger partial charge on any atom is -0.404 e. The Morgan fingerprint density at radius 1 is 1.12 bits per heavy atom. The number of nitrogens with one attached hydrogen (secondary N) is 2. The molecule has 3 aromatic rings. The number of ether oxygens (including phenoxy) is 1. The molecule has 40 heavy (non-hydrogen) atoms. The Labute approximate surface area is 230 Å². The number of thioether (sulfide) groups is 1. The van der Waals surface area contributed by atoms with E-state index in [0.29, 0.717) is 22.7 Å². The second kappa shape index (κ2) is 13.2. The number of hydrogen-bond donors (Lipinski definition) is 2. The zero-order chi connectivity index (χ0) is 29.4. The van der Waals surface area contributed by atoms with Crippen LogP contribution in [0, 0.1) is 5.82 Å². The summed E-state index contributed by atoms with van der Waals surface area (Å²) >= 11 is 1.13. The molecular formula is C25H24F4N6O4S. The summed E-state index contributed by atoms with van der Waals surface area (Å²) in [5, 5.41) is 9.47. The molecule has 2 aromatic heterocycles. The Hall–Kier alpha value is -4.27. The fraction of sp³-hybridized carbons (Fsp3) is 0.280. The maximum Gasteiger partial charge on any atom is 0.573 e. The van der Waals surface area contributed by atoms with Gasteiger partial charge in [-0.05, 0) is 37.6 Å². The molecule has 2 N–H and O–H groups in total. The summed E-state index contributed by atoms with van der Waals surface area (Å²) in [6.07, 6.45) is -2.94. The summed E-state index contributed by atoms with van der Waals surface area (Å²) < 4.78 is 56.7. The van der Waals surface area contributed by atoms with E-state index >= 15 is 0 Å². The lowest BCUT2D eigenvalue weighted by atomic mass is 10.1. The van der Waals surface area contributed by atoms with Gasteiger partial charge in [-0.25, -0.2) is 14.2 Å². The molecule has 2 heterocycles. The first-order valence-electron chi connectivity index (χ1n) is 11.7. The number of alkyl halides is 3. The third-order valence-corrected chi connectivity index (χ3v) is 6.04. The molecule has 0 aliphatic rings. The lowest BCUT2D eigenvalue weighted by Crippen LogP contribution is -2.18. The van der Waals surface area contributed by atoms with Crippen molar-refractivity contribution in [2.45, 2.75) is 33.1 Å². The number of carbonyl (C=O) groups is 3. The minimum absolute atomic E-state index is 0.0478. The largest absolute Gasteiger partial charge is 0.573 e. The van der Waals surface area contributed by atoms with Crippen LogP contribution >= 0.6 is 11.8 Å². The molecule has 0 aliphatic heterocycles. The normalized spacial score (nSPS) is 11.7. The zero-order valence-corrected chi connectivity index (χ0v) is 22.3. The van der Waals surface area contributed by atoms with Crippen LogP contribution in [0.5, 0.6) is 5.75 Å². The maximum absolute atomic E-state index is 14.7. The molecule has 0 saturated heterocycles. The molecule has 0 atom stereocenters. The van der Waals surface area contributed by atoms with Gasteiger partial charge < -0.3 is 15.4 Å². The number of urea groups is 1. The number of hydrogen-bond acceptors (Lipinski definition) is 7. The van der Waals surface area contributed by atoms with E-state index in [1.807, 2.05) is 6.92 Å². The predicted octanol–water partition coefficient (Wildman–Crippen LogP) is 5.82. The minimum atomic E-state index is -4.89. The summed E-state index contributed by atoms with van der Waals surface area (Å²) in [5.74, 6) is -1.60. The molecule has 0 aliphatic carbocycles. The molecule has 10 nitrogen and oxygen atoms in total. The predicted molar refractivity (Wildman–Crippen MR) is 142 cm³/mol. The van der Waals surface area contributed by atoms with E-state index in [0.717, 1.165) is 42.6 Å². The fourth-order valence-electron chi connectivity index (χ4n) is 3.24. The highest BCUT2D eigenvalue weighted by Crippen LogP contribution is 2.26. The average molecular weight is 581 g/mol. The molecule has 0 unspecified atom stereocenters. The molecule has 0 spiro atoms. The summed E-state index contributed by atoms with van der Waals surface area (Å²) in [7, 11) is 1.52. The van der Waals surface area contributed by atoms with Crippen LogP contribution in [-0.4, -0.2) is 49.6 Å². The molecule has 0 radical (unpaired) electrons. The molecule has 0 saturated carbocycles. The van der Waals surface area contributed by atoms with Crippen LogP contribution in [0.15, 0.2) is 47.6 Å². The summed E-state index contributed by atoms with van der Waals surface area (Å²) in [6.45, 7) is 3.47. The van der Waals surface area contributed by atoms with Crippen LogP contribution in [0.3, 0.4) is 0 Å². The number of anilines is 2. The molecule has 3 amide bonds. The van der Waals surface area contributed by atoms with Crippen LogP contribution in [0.2, 0.25) is 0 Å². The molecule has 0 fully saturated rings. The summed E-state index contributed by atoms with van der Waals surface area (Å²) in [4.78, 5) is 43.7. The van der Waals surface area contributed by atoms with Crippen molar-refractivity contribution in [3.05, 3.63) is 54.1 Å². The van der Waals surface area contributed by atoms with Crippen molar-refractivity contribution < 1.29 is 36.7 Å². The van der Waals surface area contributed by atoms with Gasteiger partial charge in [0.05, 0.1) is 28.4 Å². The van der Waals surface area contributed by atoms with Crippen LogP contribution in [-0.2, 0) is 11.8 Å². The highest BCUT2D eigenvalue weighted by Gasteiger charge is 2.31. The standard InChI is InChI=1S/C25H24F4N6O4S/c1-4-5-16(36)13-40-14(2)31-24(38)32-19-8-6-15(10-18(19)26)21-11-22(35(3)34-21)33-23(37)20-9-7-17(12-30-20)39-25(27,28)29/h6-12H,4-5,13H2,1-3H3,(H,32,38)(H,33,37)/b31-14-. The third-order valence-electron chi connectivity index (χ3n) is 5.06. The molecule has 212 valence electrons. The zero-order valence-electron chi connectivity index (χ0n) is 21.5. The van der Waals surface area contributed by atoms with Crippen LogP contribution in [0.25, 0.3) is 11.3 Å². The van der Waals surface area contributed by atoms with Gasteiger partial charge in [0.1, 0.15) is 28.9 Å². The number of aromatic nitrogens is 3. The van der Waals surface area contributed by atoms with Crippen molar-refractivity contribution in [3.8, 4) is 17.0 Å². The molecule has 0 bridgehead atoms. The van der Waals surface area contributed by atoms with E-state index in [2.05, 4.69) is 30.4 Å². The number of aliphatic imine (C=N–C) groups is 1. The fourth-order valence-corrected chi connectivity index (χ4v) is 3.91. The first-order valence-corrected chi connectivity index (χ1v) is 12.7. The molecule has 1 aromatic carbocycles. The Morgan fingerprint density at radius 2 is 1.88 bits per heavy atom. The third kappa shape index (κ3) is 8.90. The molecule has 3 rings (SSSR count). The van der Waals surface area contributed by atoms with Gasteiger partial charge in [-0.3, -0.25) is 14.3 Å². The number of Topliss-reactive ketones (excluding diaryl/α,β-unsaturated/α-hetero) is 1. The van der Waals surface area contributed by atoms with Gasteiger partial charge in [0, 0.05) is 25.1 Å². The Morgan fingerprint density at radius 3 is 2.50 bits per heavy atom. The van der Waals surface area contributed by atoms with Gasteiger partial charge in [-0.2, -0.15) is 10.1 Å². The van der Waals surface area contributed by atoms with Crippen molar-refractivity contribution in [2.75, 3.05) is 16.4 Å². The lowest BCUT2D eigenvalue weighted by molar-refractivity contribution is -0.274. The van der Waals surface area contributed by atoms with Crippen molar-refractivity contribution in [3.63, 3.8) is 0 Å². The number of aryl methyl sites for hydroxylation is 1. The highest BCUT2D eigenvalue weighted by molar-refractivity contribution is 8.14. The Balaban J connectivity index is 1.64. The summed E-state index contributed by atoms with van der Waals surface area (Å²) in [5.41, 5.74) is 0.333. The molecule has 15 heteroatoms. The van der Waals surface area contributed by atoms with E-state index in [9.17, 15) is 31.9 Å². The average Bonchev–Trinajstić information content (AvgIpc) is 3.23.